The van der Waals surface area contributed by atoms with Gasteiger partial charge in [0.05, 0.1) is 16.4 Å². The Morgan fingerprint density at radius 2 is 1.42 bits per heavy atom. The molecule has 0 amide bonds. The minimum Gasteiger partial charge on any atom is -0.455 e. The average molecular weight is 613 g/mol. The van der Waals surface area contributed by atoms with Crippen molar-refractivity contribution in [3.63, 3.8) is 0 Å². The van der Waals surface area contributed by atoms with E-state index in [9.17, 15) is 13.2 Å². The van der Waals surface area contributed by atoms with Crippen LogP contribution in [0.2, 0.25) is 0 Å². The maximum absolute atomic E-state index is 14.1. The summed E-state index contributed by atoms with van der Waals surface area (Å²) < 4.78 is 51.3. The van der Waals surface area contributed by atoms with Gasteiger partial charge in [-0.15, -0.1) is 0 Å². The number of halogens is 3. The van der Waals surface area contributed by atoms with E-state index in [4.69, 9.17) is 4.74 Å². The predicted octanol–water partition coefficient (Wildman–Crippen LogP) is 11.4. The number of alkyl halides is 3. The van der Waals surface area contributed by atoms with Gasteiger partial charge < -0.3 is 4.74 Å². The van der Waals surface area contributed by atoms with Gasteiger partial charge in [0.25, 0.3) is 0 Å². The number of fused-ring (bicyclic) bond motifs is 5. The number of rotatable bonds is 4. The summed E-state index contributed by atoms with van der Waals surface area (Å²) in [5, 5.41) is 6.07. The number of nitrogens with zero attached hydrogens (tertiary/aromatic N) is 1. The third-order valence-electron chi connectivity index (χ3n) is 9.29. The molecule has 5 heteroatoms. The maximum Gasteiger partial charge on any atom is 0.394 e. The van der Waals surface area contributed by atoms with E-state index in [1.165, 1.54) is 35.7 Å². The Morgan fingerprint density at radius 1 is 0.733 bits per heavy atom. The largest absolute Gasteiger partial charge is 0.455 e. The number of benzene rings is 4. The minimum absolute atomic E-state index is 0.0153. The molecule has 2 nitrogen and oxygen atoms in total. The van der Waals surface area contributed by atoms with Gasteiger partial charge in [-0.1, -0.05) is 91.8 Å². The zero-order valence-electron chi connectivity index (χ0n) is 28.3. The van der Waals surface area contributed by atoms with Crippen LogP contribution in [0.3, 0.4) is 0 Å². The van der Waals surface area contributed by atoms with Crippen LogP contribution in [0, 0.1) is 23.2 Å². The molecular weight excluding hydrogens is 567 g/mol. The standard InChI is InChI=1S/C40H45F3NO/c1-23-29-18-24(20-37(2,3)4)14-15-27(29)30(22-38(5,6)7)36-32(23)35-34-28(16-17-44(35)10)33-25(19-31(34)45-36)12-11-13-26(33)21-39(8,9)40(41,42)43/h11-19H,20-22H2,1-10H3/q+1. The molecular formula is C40H45F3NO+. The summed E-state index contributed by atoms with van der Waals surface area (Å²) in [6.45, 7) is 18.3. The molecule has 0 spiro atoms. The second-order valence-electron chi connectivity index (χ2n) is 16.3. The molecule has 0 saturated carbocycles. The molecule has 1 aromatic heterocycles. The number of aromatic nitrogens is 1. The van der Waals surface area contributed by atoms with Crippen LogP contribution in [0.1, 0.15) is 77.6 Å². The van der Waals surface area contributed by atoms with Crippen LogP contribution in [0.25, 0.3) is 43.6 Å². The van der Waals surface area contributed by atoms with Crippen LogP contribution >= 0.6 is 0 Å². The van der Waals surface area contributed by atoms with E-state index < -0.39 is 11.6 Å². The fourth-order valence-corrected chi connectivity index (χ4v) is 7.17. The van der Waals surface area contributed by atoms with Crippen molar-refractivity contribution < 1.29 is 22.5 Å². The molecule has 0 radical (unpaired) electrons. The minimum atomic E-state index is -4.32. The van der Waals surface area contributed by atoms with Gasteiger partial charge in [0.1, 0.15) is 18.5 Å². The summed E-state index contributed by atoms with van der Waals surface area (Å²) in [6, 6.07) is 16.7. The van der Waals surface area contributed by atoms with Crippen molar-refractivity contribution in [1.29, 1.82) is 0 Å². The number of hydrogen-bond donors (Lipinski definition) is 0. The molecule has 0 unspecified atom stereocenters. The highest BCUT2D eigenvalue weighted by Crippen LogP contribution is 2.53. The lowest BCUT2D eigenvalue weighted by atomic mass is 9.80. The summed E-state index contributed by atoms with van der Waals surface area (Å²) in [5.74, 6) is 1.64. The lowest BCUT2D eigenvalue weighted by Gasteiger charge is -2.30. The average Bonchev–Trinajstić information content (AvgIpc) is 2.90. The van der Waals surface area contributed by atoms with Crippen molar-refractivity contribution in [2.24, 2.45) is 23.3 Å². The second-order valence-corrected chi connectivity index (χ2v) is 16.3. The van der Waals surface area contributed by atoms with E-state index >= 15 is 0 Å². The van der Waals surface area contributed by atoms with Crippen LogP contribution in [0.4, 0.5) is 13.2 Å². The van der Waals surface area contributed by atoms with Crippen molar-refractivity contribution in [2.45, 2.75) is 87.8 Å². The van der Waals surface area contributed by atoms with E-state index in [0.29, 0.717) is 5.56 Å². The SMILES string of the molecule is Cc1c2c(c(CC(C)(C)C)c3ccc(CC(C)(C)C)cc13)Oc1cc3cccc(CC(C)(C)C(F)(F)F)c3c3cc[n+](C)c-2c13. The third kappa shape index (κ3) is 5.47. The van der Waals surface area contributed by atoms with Gasteiger partial charge in [0.15, 0.2) is 6.20 Å². The van der Waals surface area contributed by atoms with Crippen LogP contribution in [0.5, 0.6) is 11.5 Å². The van der Waals surface area contributed by atoms with E-state index in [0.717, 1.165) is 62.7 Å². The number of ether oxygens (including phenoxy) is 1. The third-order valence-corrected chi connectivity index (χ3v) is 9.29. The highest BCUT2D eigenvalue weighted by Gasteiger charge is 2.47. The Balaban J connectivity index is 1.70. The molecule has 236 valence electrons. The van der Waals surface area contributed by atoms with E-state index in [1.807, 2.05) is 36.5 Å². The van der Waals surface area contributed by atoms with Gasteiger partial charge in [0.2, 0.25) is 5.69 Å². The Hall–Kier alpha value is -3.60. The lowest BCUT2D eigenvalue weighted by Crippen LogP contribution is -2.34. The molecule has 0 bridgehead atoms. The fraction of sp³-hybridized carbons (Fsp3) is 0.425. The Labute approximate surface area is 265 Å². The topological polar surface area (TPSA) is 13.1 Å². The van der Waals surface area contributed by atoms with Crippen molar-refractivity contribution >= 4 is 32.3 Å². The molecule has 4 aromatic carbocycles. The monoisotopic (exact) mass is 612 g/mol. The van der Waals surface area contributed by atoms with Gasteiger partial charge >= 0.3 is 6.18 Å². The zero-order chi connectivity index (χ0) is 32.9. The van der Waals surface area contributed by atoms with Gasteiger partial charge in [-0.25, -0.2) is 4.57 Å². The predicted molar refractivity (Wildman–Crippen MR) is 180 cm³/mol. The molecule has 0 fully saturated rings. The summed E-state index contributed by atoms with van der Waals surface area (Å²) in [4.78, 5) is 0. The highest BCUT2D eigenvalue weighted by atomic mass is 19.4. The van der Waals surface area contributed by atoms with Gasteiger partial charge in [-0.3, -0.25) is 0 Å². The first-order valence-electron chi connectivity index (χ1n) is 16.0. The first kappa shape index (κ1) is 31.4. The number of pyridine rings is 1. The molecule has 45 heavy (non-hydrogen) atoms. The number of hydrogen-bond acceptors (Lipinski definition) is 1. The molecule has 0 aliphatic carbocycles. The van der Waals surface area contributed by atoms with Gasteiger partial charge in [-0.2, -0.15) is 13.2 Å². The van der Waals surface area contributed by atoms with Crippen LogP contribution < -0.4 is 9.30 Å². The Bertz CT molecular complexity index is 2000. The summed E-state index contributed by atoms with van der Waals surface area (Å²) in [6.07, 6.45) is -0.565. The van der Waals surface area contributed by atoms with Crippen molar-refractivity contribution in [1.82, 2.24) is 0 Å². The van der Waals surface area contributed by atoms with Crippen LogP contribution in [-0.2, 0) is 26.3 Å². The van der Waals surface area contributed by atoms with E-state index in [1.54, 1.807) is 0 Å². The van der Waals surface area contributed by atoms with Crippen LogP contribution in [0.15, 0.2) is 54.7 Å². The highest BCUT2D eigenvalue weighted by molar-refractivity contribution is 6.17. The maximum atomic E-state index is 14.1. The lowest BCUT2D eigenvalue weighted by molar-refractivity contribution is -0.659. The normalized spacial score (nSPS) is 13.9. The fourth-order valence-electron chi connectivity index (χ4n) is 7.17. The van der Waals surface area contributed by atoms with E-state index in [2.05, 4.69) is 78.3 Å². The molecule has 1 aliphatic heterocycles. The quantitative estimate of drug-likeness (QED) is 0.143. The second kappa shape index (κ2) is 10.2. The molecule has 6 rings (SSSR count). The number of aryl methyl sites for hydroxylation is 2. The molecule has 5 aromatic rings. The van der Waals surface area contributed by atoms with Crippen LogP contribution in [-0.4, -0.2) is 6.18 Å². The molecule has 1 aliphatic rings. The van der Waals surface area contributed by atoms with E-state index in [-0.39, 0.29) is 17.3 Å². The molecule has 0 saturated heterocycles. The first-order valence-corrected chi connectivity index (χ1v) is 16.0. The summed E-state index contributed by atoms with van der Waals surface area (Å²) in [5.41, 5.74) is 4.79. The summed E-state index contributed by atoms with van der Waals surface area (Å²) in [7, 11) is 2.06. The van der Waals surface area contributed by atoms with Crippen molar-refractivity contribution in [3.8, 4) is 22.8 Å². The van der Waals surface area contributed by atoms with Gasteiger partial charge in [-0.05, 0) is 81.3 Å². The van der Waals surface area contributed by atoms with Crippen molar-refractivity contribution in [3.05, 3.63) is 77.0 Å². The summed E-state index contributed by atoms with van der Waals surface area (Å²) >= 11 is 0. The first-order chi connectivity index (χ1) is 20.8. The Kier molecular flexibility index (Phi) is 7.12. The van der Waals surface area contributed by atoms with Crippen molar-refractivity contribution in [2.75, 3.05) is 0 Å². The van der Waals surface area contributed by atoms with Gasteiger partial charge in [0, 0.05) is 17.0 Å². The smallest absolute Gasteiger partial charge is 0.394 e. The zero-order valence-corrected chi connectivity index (χ0v) is 28.3. The molecule has 0 atom stereocenters. The Morgan fingerprint density at radius 3 is 2.07 bits per heavy atom. The molecule has 2 heterocycles. The molecule has 0 N–H and O–H groups in total.